The summed E-state index contributed by atoms with van der Waals surface area (Å²) in [6, 6.07) is 6.45. The lowest BCUT2D eigenvalue weighted by atomic mass is 10.0. The monoisotopic (exact) mass is 594 g/mol. The smallest absolute Gasteiger partial charge is 0.450 e. The molecule has 41 heavy (non-hydrogen) atoms. The Kier molecular flexibility index (Phi) is 9.10. The van der Waals surface area contributed by atoms with Crippen molar-refractivity contribution in [3.8, 4) is 0 Å². The van der Waals surface area contributed by atoms with Gasteiger partial charge < -0.3 is 24.6 Å². The van der Waals surface area contributed by atoms with Crippen LogP contribution < -0.4 is 14.9 Å². The molecule has 1 unspecified atom stereocenters. The van der Waals surface area contributed by atoms with Gasteiger partial charge in [-0.25, -0.2) is 19.2 Å². The van der Waals surface area contributed by atoms with Crippen molar-refractivity contribution < 1.29 is 31.9 Å². The predicted octanol–water partition coefficient (Wildman–Crippen LogP) is 5.56. The molecule has 2 aromatic carbocycles. The van der Waals surface area contributed by atoms with Gasteiger partial charge in [0.15, 0.2) is 0 Å². The molecule has 2 N–H and O–H groups in total. The molecule has 1 aliphatic rings. The summed E-state index contributed by atoms with van der Waals surface area (Å²) < 4.78 is 63.8. The Labute approximate surface area is 238 Å². The summed E-state index contributed by atoms with van der Waals surface area (Å²) in [7, 11) is 0. The van der Waals surface area contributed by atoms with Crippen LogP contribution in [0.15, 0.2) is 30.3 Å². The number of fused-ring (bicyclic) bond motifs is 1. The van der Waals surface area contributed by atoms with E-state index in [0.29, 0.717) is 11.3 Å². The first-order valence-electron chi connectivity index (χ1n) is 12.9. The Morgan fingerprint density at radius 3 is 2.46 bits per heavy atom. The number of benzene rings is 2. The standard InChI is InChI=1S/C27H30F4N6O3S/c1-5-40-26(39)37-10-8-36(9-11-37)23-19-13-17(6-7-21(19)33-25(34-23)27(29,30)31)24(38)32-16(3)18-12-15(2)22(35-41-4)14-20(18)28/h6-7,12-14,16,35H,5,8-11H2,1-4H3,(H,32,38). The molecule has 2 heterocycles. The van der Waals surface area contributed by atoms with Gasteiger partial charge in [-0.15, -0.1) is 0 Å². The fourth-order valence-electron chi connectivity index (χ4n) is 4.55. The highest BCUT2D eigenvalue weighted by Gasteiger charge is 2.36. The van der Waals surface area contributed by atoms with Crippen LogP contribution in [0.25, 0.3) is 10.9 Å². The number of piperazine rings is 1. The van der Waals surface area contributed by atoms with E-state index in [2.05, 4.69) is 20.0 Å². The summed E-state index contributed by atoms with van der Waals surface area (Å²) in [4.78, 5) is 35.9. The lowest BCUT2D eigenvalue weighted by molar-refractivity contribution is -0.144. The summed E-state index contributed by atoms with van der Waals surface area (Å²) in [6.07, 6.45) is -3.46. The molecule has 4 rings (SSSR count). The van der Waals surface area contributed by atoms with Crippen molar-refractivity contribution in [2.45, 2.75) is 33.0 Å². The minimum absolute atomic E-state index is 0.00656. The number of hydrogen-bond donors (Lipinski definition) is 2. The highest BCUT2D eigenvalue weighted by atomic mass is 32.2. The minimum atomic E-state index is -4.79. The number of hydrogen-bond acceptors (Lipinski definition) is 8. The Morgan fingerprint density at radius 2 is 1.83 bits per heavy atom. The van der Waals surface area contributed by atoms with Crippen molar-refractivity contribution in [2.75, 3.05) is 48.7 Å². The molecule has 1 aliphatic heterocycles. The third kappa shape index (κ3) is 6.75. The van der Waals surface area contributed by atoms with Crippen LogP contribution in [-0.4, -0.2) is 65.9 Å². The number of aromatic nitrogens is 2. The van der Waals surface area contributed by atoms with Crippen molar-refractivity contribution in [1.29, 1.82) is 0 Å². The fourth-order valence-corrected chi connectivity index (χ4v) is 4.99. The van der Waals surface area contributed by atoms with Crippen molar-refractivity contribution in [3.63, 3.8) is 0 Å². The summed E-state index contributed by atoms with van der Waals surface area (Å²) >= 11 is 1.33. The van der Waals surface area contributed by atoms with E-state index in [1.807, 2.05) is 13.2 Å². The topological polar surface area (TPSA) is 99.7 Å². The number of carbonyl (C=O) groups is 2. The van der Waals surface area contributed by atoms with Crippen LogP contribution >= 0.6 is 11.9 Å². The SMILES string of the molecule is CCOC(=O)N1CCN(c2nc(C(F)(F)F)nc3ccc(C(=O)NC(C)c4cc(C)c(NSC)cc4F)cc23)CC1. The van der Waals surface area contributed by atoms with Crippen molar-refractivity contribution in [1.82, 2.24) is 20.2 Å². The zero-order valence-corrected chi connectivity index (χ0v) is 23.7. The third-order valence-electron chi connectivity index (χ3n) is 6.67. The average Bonchev–Trinajstić information content (AvgIpc) is 2.93. The molecule has 0 radical (unpaired) electrons. The lowest BCUT2D eigenvalue weighted by Crippen LogP contribution is -2.49. The molecule has 0 saturated carbocycles. The molecule has 9 nitrogen and oxygen atoms in total. The van der Waals surface area contributed by atoms with E-state index < -0.39 is 35.9 Å². The summed E-state index contributed by atoms with van der Waals surface area (Å²) in [5.74, 6) is -2.33. The number of carbonyl (C=O) groups excluding carboxylic acids is 2. The van der Waals surface area contributed by atoms with Gasteiger partial charge in [0.05, 0.1) is 18.2 Å². The maximum absolute atomic E-state index is 14.8. The summed E-state index contributed by atoms with van der Waals surface area (Å²) in [5.41, 5.74) is 1.88. The second-order valence-electron chi connectivity index (χ2n) is 9.46. The molecule has 0 spiro atoms. The van der Waals surface area contributed by atoms with Gasteiger partial charge in [-0.3, -0.25) is 4.79 Å². The lowest BCUT2D eigenvalue weighted by Gasteiger charge is -2.35. The van der Waals surface area contributed by atoms with Crippen molar-refractivity contribution in [3.05, 3.63) is 58.7 Å². The van der Waals surface area contributed by atoms with Gasteiger partial charge >= 0.3 is 12.3 Å². The minimum Gasteiger partial charge on any atom is -0.450 e. The molecule has 1 aromatic heterocycles. The van der Waals surface area contributed by atoms with Crippen molar-refractivity contribution >= 4 is 46.4 Å². The third-order valence-corrected chi connectivity index (χ3v) is 7.09. The Bertz CT molecular complexity index is 1450. The van der Waals surface area contributed by atoms with E-state index in [1.54, 1.807) is 24.8 Å². The molecule has 1 atom stereocenters. The van der Waals surface area contributed by atoms with E-state index in [-0.39, 0.29) is 55.1 Å². The van der Waals surface area contributed by atoms with Gasteiger partial charge in [-0.1, -0.05) is 11.9 Å². The first-order chi connectivity index (χ1) is 19.4. The Morgan fingerprint density at radius 1 is 1.12 bits per heavy atom. The number of nitrogens with zero attached hydrogens (tertiary/aromatic N) is 4. The number of anilines is 2. The highest BCUT2D eigenvalue weighted by molar-refractivity contribution is 7.99. The molecule has 3 aromatic rings. The number of halogens is 4. The van der Waals surface area contributed by atoms with Crippen LogP contribution in [0.4, 0.5) is 33.9 Å². The highest BCUT2D eigenvalue weighted by Crippen LogP contribution is 2.33. The van der Waals surface area contributed by atoms with Crippen LogP contribution in [0.2, 0.25) is 0 Å². The molecular formula is C27H30F4N6O3S. The molecule has 2 amide bonds. The molecule has 0 bridgehead atoms. The number of rotatable bonds is 7. The van der Waals surface area contributed by atoms with Crippen LogP contribution in [0.3, 0.4) is 0 Å². The van der Waals surface area contributed by atoms with E-state index in [9.17, 15) is 27.2 Å². The average molecular weight is 595 g/mol. The maximum Gasteiger partial charge on any atom is 0.451 e. The Balaban J connectivity index is 1.63. The Hall–Kier alpha value is -3.81. The second kappa shape index (κ2) is 12.4. The molecule has 220 valence electrons. The summed E-state index contributed by atoms with van der Waals surface area (Å²) in [5, 5.41) is 3.01. The first kappa shape index (κ1) is 30.2. The number of alkyl halides is 3. The van der Waals surface area contributed by atoms with Crippen LogP contribution in [0.5, 0.6) is 0 Å². The second-order valence-corrected chi connectivity index (χ2v) is 10.1. The van der Waals surface area contributed by atoms with E-state index in [4.69, 9.17) is 4.74 Å². The van der Waals surface area contributed by atoms with E-state index in [1.165, 1.54) is 41.1 Å². The first-order valence-corrected chi connectivity index (χ1v) is 14.1. The largest absolute Gasteiger partial charge is 0.451 e. The quantitative estimate of drug-likeness (QED) is 0.271. The van der Waals surface area contributed by atoms with Crippen LogP contribution in [0, 0.1) is 12.7 Å². The fraction of sp³-hybridized carbons (Fsp3) is 0.407. The number of nitrogens with one attached hydrogen (secondary N) is 2. The molecule has 1 saturated heterocycles. The molecule has 1 fully saturated rings. The van der Waals surface area contributed by atoms with Gasteiger partial charge in [0.2, 0.25) is 5.82 Å². The number of aryl methyl sites for hydroxylation is 1. The van der Waals surface area contributed by atoms with Crippen LogP contribution in [0.1, 0.15) is 47.2 Å². The molecular weight excluding hydrogens is 564 g/mol. The molecule has 0 aliphatic carbocycles. The van der Waals surface area contributed by atoms with Gasteiger partial charge in [0.25, 0.3) is 5.91 Å². The zero-order valence-electron chi connectivity index (χ0n) is 22.9. The van der Waals surface area contributed by atoms with Gasteiger partial charge in [0, 0.05) is 54.6 Å². The van der Waals surface area contributed by atoms with E-state index >= 15 is 0 Å². The normalized spacial score (nSPS) is 14.6. The van der Waals surface area contributed by atoms with Crippen molar-refractivity contribution in [2.24, 2.45) is 0 Å². The maximum atomic E-state index is 14.8. The van der Waals surface area contributed by atoms with Gasteiger partial charge in [0.1, 0.15) is 11.6 Å². The predicted molar refractivity (Wildman–Crippen MR) is 150 cm³/mol. The summed E-state index contributed by atoms with van der Waals surface area (Å²) in [6.45, 7) is 6.21. The number of ether oxygens (including phenoxy) is 1. The van der Waals surface area contributed by atoms with E-state index in [0.717, 1.165) is 5.56 Å². The van der Waals surface area contributed by atoms with Crippen LogP contribution in [-0.2, 0) is 10.9 Å². The number of amides is 2. The zero-order chi connectivity index (χ0) is 29.9. The van der Waals surface area contributed by atoms with Gasteiger partial charge in [-0.05, 0) is 56.7 Å². The molecule has 14 heteroatoms. The van der Waals surface area contributed by atoms with Gasteiger partial charge in [-0.2, -0.15) is 13.2 Å².